The zero-order chi connectivity index (χ0) is 13.8. The van der Waals surface area contributed by atoms with Crippen LogP contribution in [0.2, 0.25) is 0 Å². The van der Waals surface area contributed by atoms with E-state index in [2.05, 4.69) is 38.0 Å². The molecule has 4 heteroatoms. The predicted octanol–water partition coefficient (Wildman–Crippen LogP) is 1.17. The van der Waals surface area contributed by atoms with E-state index in [-0.39, 0.29) is 11.4 Å². The van der Waals surface area contributed by atoms with Gasteiger partial charge in [0.05, 0.1) is 6.54 Å². The number of nitrogens with zero attached hydrogens (tertiary/aromatic N) is 2. The Morgan fingerprint density at radius 3 is 2.39 bits per heavy atom. The van der Waals surface area contributed by atoms with Gasteiger partial charge in [-0.05, 0) is 59.7 Å². The smallest absolute Gasteiger partial charge is 0.236 e. The van der Waals surface area contributed by atoms with Gasteiger partial charge in [-0.2, -0.15) is 0 Å². The Morgan fingerprint density at radius 2 is 1.89 bits per heavy atom. The van der Waals surface area contributed by atoms with Crippen LogP contribution in [0, 0.1) is 5.92 Å². The molecule has 0 radical (unpaired) electrons. The third-order valence-corrected chi connectivity index (χ3v) is 3.57. The van der Waals surface area contributed by atoms with Crippen LogP contribution in [0.3, 0.4) is 0 Å². The summed E-state index contributed by atoms with van der Waals surface area (Å²) in [6, 6.07) is 0. The fraction of sp³-hybridized carbons (Fsp3) is 0.929. The van der Waals surface area contributed by atoms with E-state index < -0.39 is 0 Å². The molecule has 0 aromatic rings. The van der Waals surface area contributed by atoms with Gasteiger partial charge in [-0.15, -0.1) is 0 Å². The molecule has 1 amide bonds. The highest BCUT2D eigenvalue weighted by Crippen LogP contribution is 2.16. The Morgan fingerprint density at radius 1 is 1.33 bits per heavy atom. The Balaban J connectivity index is 2.27. The molecule has 106 valence electrons. The summed E-state index contributed by atoms with van der Waals surface area (Å²) in [7, 11) is 4.09. The van der Waals surface area contributed by atoms with Crippen LogP contribution in [-0.2, 0) is 4.79 Å². The zero-order valence-corrected chi connectivity index (χ0v) is 12.6. The number of rotatable bonds is 4. The minimum absolute atomic E-state index is 0.00402. The second-order valence-corrected chi connectivity index (χ2v) is 6.62. The molecule has 0 unspecified atom stereocenters. The Kier molecular flexibility index (Phi) is 5.60. The van der Waals surface area contributed by atoms with Crippen molar-refractivity contribution in [2.45, 2.75) is 39.2 Å². The predicted molar refractivity (Wildman–Crippen MR) is 75.6 cm³/mol. The lowest BCUT2D eigenvalue weighted by molar-refractivity contribution is -0.130. The van der Waals surface area contributed by atoms with Gasteiger partial charge in [0, 0.05) is 19.1 Å². The van der Waals surface area contributed by atoms with Crippen molar-refractivity contribution in [3.63, 3.8) is 0 Å². The number of nitrogens with one attached hydrogen (secondary N) is 1. The molecule has 4 nitrogen and oxygen atoms in total. The fourth-order valence-electron chi connectivity index (χ4n) is 2.21. The molecular weight excluding hydrogens is 226 g/mol. The topological polar surface area (TPSA) is 35.6 Å². The molecule has 18 heavy (non-hydrogen) atoms. The summed E-state index contributed by atoms with van der Waals surface area (Å²) in [5.74, 6) is 0.869. The number of carbonyl (C=O) groups excluding carboxylic acids is 1. The van der Waals surface area contributed by atoms with Crippen molar-refractivity contribution in [2.24, 2.45) is 5.92 Å². The molecular formula is C14H29N3O. The second-order valence-electron chi connectivity index (χ2n) is 6.62. The number of piperidine rings is 1. The van der Waals surface area contributed by atoms with Crippen molar-refractivity contribution in [1.29, 1.82) is 0 Å². The van der Waals surface area contributed by atoms with Gasteiger partial charge < -0.3 is 15.1 Å². The SMILES string of the molecule is CN1CCC(CN(C)C(=O)CNC(C)(C)C)CC1. The minimum Gasteiger partial charge on any atom is -0.344 e. The van der Waals surface area contributed by atoms with Gasteiger partial charge in [0.25, 0.3) is 0 Å². The maximum Gasteiger partial charge on any atom is 0.236 e. The van der Waals surface area contributed by atoms with Gasteiger partial charge in [0.2, 0.25) is 5.91 Å². The number of likely N-dealkylation sites (N-methyl/N-ethyl adjacent to an activating group) is 1. The normalized spacial score (nSPS) is 18.9. The first-order valence-corrected chi connectivity index (χ1v) is 6.95. The minimum atomic E-state index is 0.00402. The molecule has 0 atom stereocenters. The first-order chi connectivity index (χ1) is 8.28. The highest BCUT2D eigenvalue weighted by molar-refractivity contribution is 5.78. The van der Waals surface area contributed by atoms with Crippen LogP contribution in [0.15, 0.2) is 0 Å². The first kappa shape index (κ1) is 15.4. The van der Waals surface area contributed by atoms with Gasteiger partial charge in [0.1, 0.15) is 0 Å². The molecule has 0 aromatic heterocycles. The molecule has 1 rings (SSSR count). The van der Waals surface area contributed by atoms with E-state index in [1.165, 1.54) is 12.8 Å². The summed E-state index contributed by atoms with van der Waals surface area (Å²) in [5.41, 5.74) is 0.00402. The summed E-state index contributed by atoms with van der Waals surface area (Å²) < 4.78 is 0. The molecule has 0 aliphatic carbocycles. The standard InChI is InChI=1S/C14H29N3O/c1-14(2,3)15-10-13(18)17(5)11-12-6-8-16(4)9-7-12/h12,15H,6-11H2,1-5H3. The quantitative estimate of drug-likeness (QED) is 0.819. The molecule has 1 aliphatic rings. The second kappa shape index (κ2) is 6.53. The first-order valence-electron chi connectivity index (χ1n) is 6.95. The summed E-state index contributed by atoms with van der Waals surface area (Å²) in [6.45, 7) is 9.90. The molecule has 0 aromatic carbocycles. The van der Waals surface area contributed by atoms with Crippen molar-refractivity contribution < 1.29 is 4.79 Å². The van der Waals surface area contributed by atoms with Crippen molar-refractivity contribution in [1.82, 2.24) is 15.1 Å². The van der Waals surface area contributed by atoms with Crippen molar-refractivity contribution >= 4 is 5.91 Å². The molecule has 0 saturated carbocycles. The maximum absolute atomic E-state index is 12.0. The number of amides is 1. The van der Waals surface area contributed by atoms with Gasteiger partial charge in [-0.1, -0.05) is 0 Å². The van der Waals surface area contributed by atoms with Crippen LogP contribution >= 0.6 is 0 Å². The molecule has 1 N–H and O–H groups in total. The van der Waals surface area contributed by atoms with E-state index >= 15 is 0 Å². The summed E-state index contributed by atoms with van der Waals surface area (Å²) in [4.78, 5) is 16.2. The van der Waals surface area contributed by atoms with Crippen LogP contribution in [0.5, 0.6) is 0 Å². The van der Waals surface area contributed by atoms with Crippen molar-refractivity contribution in [3.05, 3.63) is 0 Å². The number of hydrogen-bond donors (Lipinski definition) is 1. The van der Waals surface area contributed by atoms with E-state index in [0.29, 0.717) is 12.5 Å². The summed E-state index contributed by atoms with van der Waals surface area (Å²) in [5, 5.41) is 3.25. The molecule has 0 spiro atoms. The molecule has 0 bridgehead atoms. The lowest BCUT2D eigenvalue weighted by atomic mass is 9.96. The number of likely N-dealkylation sites (tertiary alicyclic amines) is 1. The highest BCUT2D eigenvalue weighted by atomic mass is 16.2. The third-order valence-electron chi connectivity index (χ3n) is 3.57. The largest absolute Gasteiger partial charge is 0.344 e. The van der Waals surface area contributed by atoms with Crippen LogP contribution in [0.4, 0.5) is 0 Å². The lowest BCUT2D eigenvalue weighted by Crippen LogP contribution is -2.45. The lowest BCUT2D eigenvalue weighted by Gasteiger charge is -2.32. The van der Waals surface area contributed by atoms with E-state index in [1.54, 1.807) is 0 Å². The van der Waals surface area contributed by atoms with Gasteiger partial charge in [-0.3, -0.25) is 4.79 Å². The van der Waals surface area contributed by atoms with E-state index in [0.717, 1.165) is 19.6 Å². The van der Waals surface area contributed by atoms with Crippen LogP contribution in [0.25, 0.3) is 0 Å². The van der Waals surface area contributed by atoms with Gasteiger partial charge >= 0.3 is 0 Å². The third kappa shape index (κ3) is 5.83. The monoisotopic (exact) mass is 255 g/mol. The van der Waals surface area contributed by atoms with E-state index in [1.807, 2.05) is 11.9 Å². The Labute approximate surface area is 112 Å². The summed E-state index contributed by atoms with van der Waals surface area (Å²) >= 11 is 0. The summed E-state index contributed by atoms with van der Waals surface area (Å²) in [6.07, 6.45) is 2.42. The molecule has 1 saturated heterocycles. The number of hydrogen-bond acceptors (Lipinski definition) is 3. The Hall–Kier alpha value is -0.610. The molecule has 1 heterocycles. The van der Waals surface area contributed by atoms with Crippen molar-refractivity contribution in [2.75, 3.05) is 40.3 Å². The average molecular weight is 255 g/mol. The zero-order valence-electron chi connectivity index (χ0n) is 12.6. The van der Waals surface area contributed by atoms with E-state index in [4.69, 9.17) is 0 Å². The van der Waals surface area contributed by atoms with Gasteiger partial charge in [0.15, 0.2) is 0 Å². The van der Waals surface area contributed by atoms with Crippen molar-refractivity contribution in [3.8, 4) is 0 Å². The highest BCUT2D eigenvalue weighted by Gasteiger charge is 2.21. The molecule has 1 fully saturated rings. The fourth-order valence-corrected chi connectivity index (χ4v) is 2.21. The van der Waals surface area contributed by atoms with Gasteiger partial charge in [-0.25, -0.2) is 0 Å². The number of carbonyl (C=O) groups is 1. The van der Waals surface area contributed by atoms with Crippen LogP contribution in [0.1, 0.15) is 33.6 Å². The average Bonchev–Trinajstić information content (AvgIpc) is 2.28. The van der Waals surface area contributed by atoms with Crippen LogP contribution < -0.4 is 5.32 Å². The Bertz CT molecular complexity index is 265. The molecule has 1 aliphatic heterocycles. The maximum atomic E-state index is 12.0. The van der Waals surface area contributed by atoms with Crippen LogP contribution in [-0.4, -0.2) is 61.5 Å². The van der Waals surface area contributed by atoms with E-state index in [9.17, 15) is 4.79 Å².